The Morgan fingerprint density at radius 1 is 1.00 bits per heavy atom. The first-order valence-electron chi connectivity index (χ1n) is 5.45. The molecule has 0 atom stereocenters. The molecule has 0 aromatic rings. The van der Waals surface area contributed by atoms with Crippen molar-refractivity contribution < 1.29 is 4.43 Å². The van der Waals surface area contributed by atoms with E-state index in [1.807, 2.05) is 0 Å². The number of halogens is 1. The molecule has 0 fully saturated rings. The highest BCUT2D eigenvalue weighted by Gasteiger charge is 2.08. The average molecular weight is 222 g/mol. The molecule has 1 nitrogen and oxygen atoms in total. The third-order valence-corrected chi connectivity index (χ3v) is 4.14. The summed E-state index contributed by atoms with van der Waals surface area (Å²) in [5.41, 5.74) is 0. The van der Waals surface area contributed by atoms with E-state index in [0.29, 0.717) is 0 Å². The molecule has 1 radical (unpaired) electrons. The Hall–Kier alpha value is 0.467. The average Bonchev–Trinajstić information content (AvgIpc) is 2.13. The van der Waals surface area contributed by atoms with Crippen LogP contribution in [0.5, 0.6) is 0 Å². The Morgan fingerprint density at radius 3 is 2.31 bits per heavy atom. The van der Waals surface area contributed by atoms with Gasteiger partial charge in [0.2, 0.25) is 0 Å². The van der Waals surface area contributed by atoms with Crippen molar-refractivity contribution in [3.63, 3.8) is 0 Å². The van der Waals surface area contributed by atoms with Gasteiger partial charge in [-0.1, -0.05) is 46.0 Å². The lowest BCUT2D eigenvalue weighted by Crippen LogP contribution is -2.10. The summed E-state index contributed by atoms with van der Waals surface area (Å²) < 4.78 is 5.53. The van der Waals surface area contributed by atoms with E-state index in [0.717, 1.165) is 19.1 Å². The Kier molecular flexibility index (Phi) is 10.9. The lowest BCUT2D eigenvalue weighted by molar-refractivity contribution is 0.320. The van der Waals surface area contributed by atoms with Crippen LogP contribution in [0.2, 0.25) is 6.04 Å². The highest BCUT2D eigenvalue weighted by molar-refractivity contribution is 7.03. The molecule has 13 heavy (non-hydrogen) atoms. The lowest BCUT2D eigenvalue weighted by atomic mass is 10.2. The molecule has 0 aliphatic carbocycles. The van der Waals surface area contributed by atoms with Crippen molar-refractivity contribution >= 4 is 19.4 Å². The molecule has 0 aromatic carbocycles. The third-order valence-electron chi connectivity index (χ3n) is 1.98. The maximum absolute atomic E-state index is 6.08. The van der Waals surface area contributed by atoms with E-state index < -0.39 is 8.35 Å². The van der Waals surface area contributed by atoms with Crippen LogP contribution in [0.1, 0.15) is 52.4 Å². The van der Waals surface area contributed by atoms with Crippen LogP contribution in [-0.2, 0) is 4.43 Å². The van der Waals surface area contributed by atoms with E-state index in [1.165, 1.54) is 32.1 Å². The van der Waals surface area contributed by atoms with Crippen LogP contribution in [0.25, 0.3) is 0 Å². The highest BCUT2D eigenvalue weighted by atomic mass is 35.6. The van der Waals surface area contributed by atoms with Gasteiger partial charge in [0.05, 0.1) is 0 Å². The fourth-order valence-electron chi connectivity index (χ4n) is 1.09. The highest BCUT2D eigenvalue weighted by Crippen LogP contribution is 2.09. The summed E-state index contributed by atoms with van der Waals surface area (Å²) in [6, 6.07) is 1.11. The number of unbranched alkanes of at least 4 members (excludes halogenated alkanes) is 4. The first-order valence-corrected chi connectivity index (χ1v) is 8.08. The maximum Gasteiger partial charge on any atom is 0.323 e. The first kappa shape index (κ1) is 13.5. The van der Waals surface area contributed by atoms with Gasteiger partial charge in [-0.25, -0.2) is 0 Å². The van der Waals surface area contributed by atoms with Gasteiger partial charge in [-0.2, -0.15) is 0 Å². The monoisotopic (exact) mass is 221 g/mol. The van der Waals surface area contributed by atoms with Crippen LogP contribution in [0.4, 0.5) is 0 Å². The van der Waals surface area contributed by atoms with Crippen LogP contribution < -0.4 is 0 Å². The van der Waals surface area contributed by atoms with Gasteiger partial charge in [-0.3, -0.25) is 0 Å². The van der Waals surface area contributed by atoms with Crippen LogP contribution in [0.15, 0.2) is 0 Å². The van der Waals surface area contributed by atoms with Gasteiger partial charge in [0, 0.05) is 6.61 Å². The molecule has 0 aromatic heterocycles. The molecule has 0 rings (SSSR count). The van der Waals surface area contributed by atoms with Gasteiger partial charge < -0.3 is 4.43 Å². The number of hydrogen-bond acceptors (Lipinski definition) is 1. The molecule has 0 N–H and O–H groups in total. The summed E-state index contributed by atoms with van der Waals surface area (Å²) in [5.74, 6) is 0. The fraction of sp³-hybridized carbons (Fsp3) is 1.00. The summed E-state index contributed by atoms with van der Waals surface area (Å²) in [6.07, 6.45) is 7.53. The van der Waals surface area contributed by atoms with Gasteiger partial charge >= 0.3 is 8.35 Å². The van der Waals surface area contributed by atoms with Crippen molar-refractivity contribution in [2.75, 3.05) is 6.61 Å². The molecule has 79 valence electrons. The smallest absolute Gasteiger partial charge is 0.323 e. The lowest BCUT2D eigenvalue weighted by Gasteiger charge is -2.07. The normalized spacial score (nSPS) is 11.1. The molecule has 0 bridgehead atoms. The van der Waals surface area contributed by atoms with Crippen molar-refractivity contribution in [3.05, 3.63) is 0 Å². The summed E-state index contributed by atoms with van der Waals surface area (Å²) in [5, 5.41) is 0. The van der Waals surface area contributed by atoms with Crippen molar-refractivity contribution in [1.29, 1.82) is 0 Å². The van der Waals surface area contributed by atoms with Crippen molar-refractivity contribution in [2.45, 2.75) is 58.4 Å². The zero-order valence-electron chi connectivity index (χ0n) is 8.94. The Balaban J connectivity index is 3.05. The maximum atomic E-state index is 6.08. The molecule has 0 spiro atoms. The third kappa shape index (κ3) is 10.4. The minimum Gasteiger partial charge on any atom is -0.403 e. The minimum atomic E-state index is -0.970. The molecular formula is C10H22ClOSi. The van der Waals surface area contributed by atoms with Crippen LogP contribution in [0.3, 0.4) is 0 Å². The second-order valence-corrected chi connectivity index (χ2v) is 6.13. The minimum absolute atomic E-state index is 0.863. The Labute approximate surface area is 89.2 Å². The van der Waals surface area contributed by atoms with E-state index in [-0.39, 0.29) is 0 Å². The summed E-state index contributed by atoms with van der Waals surface area (Å²) in [7, 11) is -0.970. The van der Waals surface area contributed by atoms with Crippen molar-refractivity contribution in [3.8, 4) is 0 Å². The quantitative estimate of drug-likeness (QED) is 0.324. The van der Waals surface area contributed by atoms with Gasteiger partial charge in [-0.05, 0) is 12.5 Å². The standard InChI is InChI=1S/C10H22ClOSi/c1-3-5-7-8-10-13(11)12-9-6-4-2/h3-10H2,1-2H3. The van der Waals surface area contributed by atoms with Crippen LogP contribution in [-0.4, -0.2) is 15.0 Å². The summed E-state index contributed by atoms with van der Waals surface area (Å²) >= 11 is 6.08. The molecule has 3 heteroatoms. The summed E-state index contributed by atoms with van der Waals surface area (Å²) in [6.45, 7) is 5.26. The van der Waals surface area contributed by atoms with Gasteiger partial charge in [0.25, 0.3) is 0 Å². The largest absolute Gasteiger partial charge is 0.403 e. The molecule has 0 amide bonds. The van der Waals surface area contributed by atoms with Crippen LogP contribution in [0, 0.1) is 0 Å². The van der Waals surface area contributed by atoms with E-state index in [1.54, 1.807) is 0 Å². The fourth-order valence-corrected chi connectivity index (χ4v) is 2.76. The molecule has 0 aliphatic heterocycles. The predicted molar refractivity (Wildman–Crippen MR) is 61.4 cm³/mol. The molecule has 0 saturated carbocycles. The molecule has 0 saturated heterocycles. The molecule has 0 unspecified atom stereocenters. The molecule has 0 aliphatic rings. The Morgan fingerprint density at radius 2 is 1.69 bits per heavy atom. The second-order valence-electron chi connectivity index (χ2n) is 3.37. The SMILES string of the molecule is CCCCCC[Si](Cl)OCCCC. The van der Waals surface area contributed by atoms with Crippen molar-refractivity contribution in [2.24, 2.45) is 0 Å². The zero-order chi connectivity index (χ0) is 9.94. The van der Waals surface area contributed by atoms with Crippen molar-refractivity contribution in [1.82, 2.24) is 0 Å². The first-order chi connectivity index (χ1) is 6.31. The Bertz CT molecular complexity index is 101. The van der Waals surface area contributed by atoms with E-state index in [4.69, 9.17) is 15.5 Å². The van der Waals surface area contributed by atoms with E-state index >= 15 is 0 Å². The number of rotatable bonds is 9. The van der Waals surface area contributed by atoms with Crippen LogP contribution >= 0.6 is 11.1 Å². The van der Waals surface area contributed by atoms with Gasteiger partial charge in [0.15, 0.2) is 0 Å². The summed E-state index contributed by atoms with van der Waals surface area (Å²) in [4.78, 5) is 0. The van der Waals surface area contributed by atoms with Gasteiger partial charge in [-0.15, -0.1) is 11.1 Å². The molecule has 0 heterocycles. The van der Waals surface area contributed by atoms with E-state index in [9.17, 15) is 0 Å². The molecular weight excluding hydrogens is 200 g/mol. The van der Waals surface area contributed by atoms with E-state index in [2.05, 4.69) is 13.8 Å². The number of hydrogen-bond donors (Lipinski definition) is 0. The predicted octanol–water partition coefficient (Wildman–Crippen LogP) is 4.11. The second kappa shape index (κ2) is 10.5. The zero-order valence-corrected chi connectivity index (χ0v) is 10.7. The topological polar surface area (TPSA) is 9.23 Å². The van der Waals surface area contributed by atoms with Gasteiger partial charge in [0.1, 0.15) is 0 Å².